The summed E-state index contributed by atoms with van der Waals surface area (Å²) in [6.45, 7) is 14.1. The molecule has 0 bridgehead atoms. The first kappa shape index (κ1) is 14.9. The maximum atomic E-state index is 5.80. The van der Waals surface area contributed by atoms with Crippen molar-refractivity contribution in [3.8, 4) is 0 Å². The summed E-state index contributed by atoms with van der Waals surface area (Å²) in [5.41, 5.74) is 2.76. The lowest BCUT2D eigenvalue weighted by Crippen LogP contribution is -2.22. The topological polar surface area (TPSA) is 39.9 Å². The Morgan fingerprint density at radius 3 is 2.80 bits per heavy atom. The van der Waals surface area contributed by atoms with E-state index in [1.165, 1.54) is 6.04 Å². The molecule has 0 saturated heterocycles. The summed E-state index contributed by atoms with van der Waals surface area (Å²) in [5, 5.41) is 0. The van der Waals surface area contributed by atoms with Crippen molar-refractivity contribution in [2.24, 2.45) is 0 Å². The van der Waals surface area contributed by atoms with Crippen LogP contribution < -0.4 is 0 Å². The van der Waals surface area contributed by atoms with Crippen LogP contribution in [-0.2, 0) is 11.5 Å². The second kappa shape index (κ2) is 5.89. The van der Waals surface area contributed by atoms with Crippen LogP contribution in [0.25, 0.3) is 17.2 Å². The first-order valence-electron chi connectivity index (χ1n) is 6.94. The Hall–Kier alpha value is -1.46. The predicted octanol–water partition coefficient (Wildman–Crippen LogP) is 3.70. The smallest absolute Gasteiger partial charge is 0.161 e. The molecule has 20 heavy (non-hydrogen) atoms. The summed E-state index contributed by atoms with van der Waals surface area (Å²) in [5.74, 6) is 0.932. The Bertz CT molecular complexity index is 613. The molecule has 0 aromatic carbocycles. The maximum absolute atomic E-state index is 5.80. The number of ether oxygens (including phenoxy) is 1. The van der Waals surface area contributed by atoms with Crippen molar-refractivity contribution in [2.75, 3.05) is 6.61 Å². The van der Waals surface area contributed by atoms with Crippen molar-refractivity contribution >= 4 is 25.3 Å². The van der Waals surface area contributed by atoms with E-state index in [1.807, 2.05) is 23.8 Å². The van der Waals surface area contributed by atoms with Gasteiger partial charge in [0.05, 0.1) is 0 Å². The lowest BCUT2D eigenvalue weighted by Gasteiger charge is -2.15. The second-order valence-electron chi connectivity index (χ2n) is 6.25. The van der Waals surface area contributed by atoms with Gasteiger partial charge in [0.1, 0.15) is 18.1 Å². The van der Waals surface area contributed by atoms with Crippen LogP contribution in [0.4, 0.5) is 0 Å². The van der Waals surface area contributed by atoms with Crippen molar-refractivity contribution in [3.05, 3.63) is 30.2 Å². The highest BCUT2D eigenvalue weighted by Crippen LogP contribution is 2.16. The number of nitrogens with zero attached hydrogens (tertiary/aromatic N) is 3. The largest absolute Gasteiger partial charge is 0.361 e. The van der Waals surface area contributed by atoms with E-state index in [9.17, 15) is 0 Å². The molecule has 0 aliphatic heterocycles. The van der Waals surface area contributed by atoms with E-state index in [1.54, 1.807) is 6.08 Å². The minimum atomic E-state index is -1.04. The molecule has 0 amide bonds. The van der Waals surface area contributed by atoms with Crippen LogP contribution >= 0.6 is 0 Å². The van der Waals surface area contributed by atoms with Crippen LogP contribution in [0, 0.1) is 6.92 Å². The number of aryl methyl sites for hydroxylation is 1. The zero-order valence-electron chi connectivity index (χ0n) is 12.8. The van der Waals surface area contributed by atoms with Crippen LogP contribution in [0.5, 0.6) is 0 Å². The Morgan fingerprint density at radius 2 is 2.15 bits per heavy atom. The summed E-state index contributed by atoms with van der Waals surface area (Å²) in [7, 11) is -1.04. The van der Waals surface area contributed by atoms with Gasteiger partial charge in [-0.1, -0.05) is 32.3 Å². The van der Waals surface area contributed by atoms with Crippen molar-refractivity contribution in [3.63, 3.8) is 0 Å². The molecule has 0 spiro atoms. The fraction of sp³-hybridized carbons (Fsp3) is 0.467. The van der Waals surface area contributed by atoms with Gasteiger partial charge < -0.3 is 4.74 Å². The lowest BCUT2D eigenvalue weighted by atomic mass is 10.3. The van der Waals surface area contributed by atoms with Gasteiger partial charge in [0, 0.05) is 20.9 Å². The van der Waals surface area contributed by atoms with Gasteiger partial charge in [-0.2, -0.15) is 0 Å². The molecule has 4 nitrogen and oxygen atoms in total. The third-order valence-electron chi connectivity index (χ3n) is 3.25. The first-order valence-corrected chi connectivity index (χ1v) is 10.6. The number of rotatable bonds is 6. The molecule has 0 saturated carbocycles. The first-order chi connectivity index (χ1) is 9.40. The Balaban J connectivity index is 2.10. The van der Waals surface area contributed by atoms with E-state index >= 15 is 0 Å². The SMILES string of the molecule is C=Cc1cnc2c(c1)nc(C)n2COCC[Si](C)(C)C. The third-order valence-corrected chi connectivity index (χ3v) is 4.95. The predicted molar refractivity (Wildman–Crippen MR) is 86.5 cm³/mol. The highest BCUT2D eigenvalue weighted by molar-refractivity contribution is 6.76. The van der Waals surface area contributed by atoms with Crippen LogP contribution in [0.15, 0.2) is 18.8 Å². The molecule has 0 aliphatic rings. The Labute approximate surface area is 121 Å². The van der Waals surface area contributed by atoms with Gasteiger partial charge in [0.2, 0.25) is 0 Å². The second-order valence-corrected chi connectivity index (χ2v) is 11.9. The molecule has 0 atom stereocenters. The molecule has 0 aliphatic carbocycles. The molecule has 2 heterocycles. The molecule has 2 aromatic heterocycles. The highest BCUT2D eigenvalue weighted by atomic mass is 28.3. The molecular weight excluding hydrogens is 266 g/mol. The molecule has 0 N–H and O–H groups in total. The summed E-state index contributed by atoms with van der Waals surface area (Å²) >= 11 is 0. The number of hydrogen-bond donors (Lipinski definition) is 0. The summed E-state index contributed by atoms with van der Waals surface area (Å²) < 4.78 is 7.82. The molecule has 0 fully saturated rings. The minimum Gasteiger partial charge on any atom is -0.361 e. The highest BCUT2D eigenvalue weighted by Gasteiger charge is 2.13. The van der Waals surface area contributed by atoms with Crippen molar-refractivity contribution in [1.82, 2.24) is 14.5 Å². The third kappa shape index (κ3) is 3.55. The summed E-state index contributed by atoms with van der Waals surface area (Å²) in [4.78, 5) is 8.99. The standard InChI is InChI=1S/C15H23N3OSi/c1-6-13-9-14-15(16-10-13)18(12(2)17-14)11-19-7-8-20(3,4)5/h6,9-10H,1,7-8,11H2,2-5H3. The van der Waals surface area contributed by atoms with Crippen molar-refractivity contribution in [1.29, 1.82) is 0 Å². The van der Waals surface area contributed by atoms with E-state index < -0.39 is 8.07 Å². The maximum Gasteiger partial charge on any atom is 0.161 e. The average molecular weight is 289 g/mol. The molecule has 2 aromatic rings. The van der Waals surface area contributed by atoms with E-state index in [0.29, 0.717) is 6.73 Å². The minimum absolute atomic E-state index is 0.521. The summed E-state index contributed by atoms with van der Waals surface area (Å²) in [6.07, 6.45) is 3.60. The van der Waals surface area contributed by atoms with Gasteiger partial charge in [0.15, 0.2) is 5.65 Å². The summed E-state index contributed by atoms with van der Waals surface area (Å²) in [6, 6.07) is 3.17. The van der Waals surface area contributed by atoms with E-state index in [-0.39, 0.29) is 0 Å². The molecular formula is C15H23N3OSi. The van der Waals surface area contributed by atoms with Crippen LogP contribution in [0.2, 0.25) is 25.7 Å². The normalized spacial score (nSPS) is 12.0. The van der Waals surface area contributed by atoms with E-state index in [0.717, 1.165) is 29.2 Å². The van der Waals surface area contributed by atoms with Gasteiger partial charge >= 0.3 is 0 Å². The van der Waals surface area contributed by atoms with E-state index in [4.69, 9.17) is 4.74 Å². The van der Waals surface area contributed by atoms with Gasteiger partial charge in [-0.05, 0) is 24.6 Å². The van der Waals surface area contributed by atoms with Gasteiger partial charge in [-0.25, -0.2) is 9.97 Å². The van der Waals surface area contributed by atoms with Crippen LogP contribution in [0.1, 0.15) is 11.4 Å². The number of imidazole rings is 1. The fourth-order valence-electron chi connectivity index (χ4n) is 1.94. The van der Waals surface area contributed by atoms with Crippen molar-refractivity contribution < 1.29 is 4.74 Å². The van der Waals surface area contributed by atoms with Crippen molar-refractivity contribution in [2.45, 2.75) is 39.3 Å². The zero-order valence-corrected chi connectivity index (χ0v) is 13.8. The molecule has 5 heteroatoms. The zero-order chi connectivity index (χ0) is 14.8. The number of hydrogen-bond acceptors (Lipinski definition) is 3. The van der Waals surface area contributed by atoms with Crippen LogP contribution in [0.3, 0.4) is 0 Å². The monoisotopic (exact) mass is 289 g/mol. The Morgan fingerprint density at radius 1 is 1.40 bits per heavy atom. The van der Waals surface area contributed by atoms with E-state index in [2.05, 4.69) is 36.2 Å². The number of fused-ring (bicyclic) bond motifs is 1. The lowest BCUT2D eigenvalue weighted by molar-refractivity contribution is 0.0881. The number of pyridine rings is 1. The van der Waals surface area contributed by atoms with Gasteiger partial charge in [-0.15, -0.1) is 0 Å². The molecule has 0 unspecified atom stereocenters. The average Bonchev–Trinajstić information content (AvgIpc) is 2.68. The molecule has 0 radical (unpaired) electrons. The quantitative estimate of drug-likeness (QED) is 0.601. The molecule has 2 rings (SSSR count). The fourth-order valence-corrected chi connectivity index (χ4v) is 2.70. The number of aromatic nitrogens is 3. The molecule has 108 valence electrons. The van der Waals surface area contributed by atoms with Gasteiger partial charge in [0.25, 0.3) is 0 Å². The Kier molecular flexibility index (Phi) is 4.40. The van der Waals surface area contributed by atoms with Gasteiger partial charge in [-0.3, -0.25) is 4.57 Å². The van der Waals surface area contributed by atoms with Crippen LogP contribution in [-0.4, -0.2) is 29.2 Å².